The van der Waals surface area contributed by atoms with Crippen LogP contribution in [0.3, 0.4) is 0 Å². The number of anilines is 2. The number of carbonyl (C=O) groups excluding carboxylic acids is 1. The predicted molar refractivity (Wildman–Crippen MR) is 124 cm³/mol. The van der Waals surface area contributed by atoms with Crippen LogP contribution in [0.25, 0.3) is 10.4 Å². The molecule has 31 heavy (non-hydrogen) atoms. The highest BCUT2D eigenvalue weighted by Crippen LogP contribution is 2.46. The van der Waals surface area contributed by atoms with Gasteiger partial charge in [0, 0.05) is 35.6 Å². The highest BCUT2D eigenvalue weighted by atomic mass is 32.1. The fourth-order valence-electron chi connectivity index (χ4n) is 3.64. The standard InChI is InChI=1S/C20H20B3N5O2S/c1-19(2)17-13(18(29)28(19)8-9-30-20(21,22)23)11-14(31-17)12-4-6-24-15(10-12)26-16-5-7-25-27(16)3/h4-7,10-11H,8-9H2,1-3H3,(H,24,26). The molecule has 1 aliphatic heterocycles. The van der Waals surface area contributed by atoms with Crippen LogP contribution < -0.4 is 5.32 Å². The first-order valence-corrected chi connectivity index (χ1v) is 10.6. The minimum Gasteiger partial charge on any atom is -0.401 e. The Morgan fingerprint density at radius 2 is 2.00 bits per heavy atom. The summed E-state index contributed by atoms with van der Waals surface area (Å²) in [6, 6.07) is 7.70. The average Bonchev–Trinajstić information content (AvgIpc) is 3.35. The Kier molecular flexibility index (Phi) is 5.51. The van der Waals surface area contributed by atoms with Gasteiger partial charge in [0.2, 0.25) is 0 Å². The zero-order valence-electron chi connectivity index (χ0n) is 17.6. The topological polar surface area (TPSA) is 72.3 Å². The molecule has 0 aromatic carbocycles. The molecule has 4 rings (SSSR count). The zero-order chi connectivity index (χ0) is 22.4. The summed E-state index contributed by atoms with van der Waals surface area (Å²) in [5.41, 5.74) is 1.20. The van der Waals surface area contributed by atoms with E-state index in [2.05, 4.69) is 15.4 Å². The third-order valence-corrected chi connectivity index (χ3v) is 6.72. The molecule has 0 saturated heterocycles. The van der Waals surface area contributed by atoms with Gasteiger partial charge in [-0.2, -0.15) is 5.10 Å². The number of carbonyl (C=O) groups is 1. The van der Waals surface area contributed by atoms with Crippen molar-refractivity contribution in [2.75, 3.05) is 18.5 Å². The first kappa shape index (κ1) is 21.7. The van der Waals surface area contributed by atoms with E-state index >= 15 is 0 Å². The molecule has 0 fully saturated rings. The molecule has 0 spiro atoms. The normalized spacial score (nSPS) is 15.3. The molecule has 11 heteroatoms. The maximum Gasteiger partial charge on any atom is 0.255 e. The lowest BCUT2D eigenvalue weighted by molar-refractivity contribution is 0.0445. The van der Waals surface area contributed by atoms with Crippen molar-refractivity contribution in [1.82, 2.24) is 19.7 Å². The highest BCUT2D eigenvalue weighted by molar-refractivity contribution is 7.16. The minimum absolute atomic E-state index is 0.0509. The number of pyridine rings is 1. The van der Waals surface area contributed by atoms with Crippen LogP contribution in [0.15, 0.2) is 36.7 Å². The number of hydrogen-bond donors (Lipinski definition) is 1. The van der Waals surface area contributed by atoms with E-state index in [-0.39, 0.29) is 12.5 Å². The molecule has 7 nitrogen and oxygen atoms in total. The smallest absolute Gasteiger partial charge is 0.255 e. The Morgan fingerprint density at radius 3 is 2.65 bits per heavy atom. The van der Waals surface area contributed by atoms with Crippen molar-refractivity contribution in [2.24, 2.45) is 7.05 Å². The van der Waals surface area contributed by atoms with Gasteiger partial charge in [-0.05, 0) is 42.9 Å². The molecular formula is C20H20B3N5O2S. The molecule has 3 aromatic rings. The van der Waals surface area contributed by atoms with Gasteiger partial charge >= 0.3 is 0 Å². The molecule has 1 N–H and O–H groups in total. The summed E-state index contributed by atoms with van der Waals surface area (Å²) in [5.74, 6) is 1.49. The predicted octanol–water partition coefficient (Wildman–Crippen LogP) is 2.11. The molecule has 0 aliphatic carbocycles. The van der Waals surface area contributed by atoms with Gasteiger partial charge in [0.05, 0.1) is 47.4 Å². The van der Waals surface area contributed by atoms with Crippen molar-refractivity contribution in [3.05, 3.63) is 47.1 Å². The average molecular weight is 427 g/mol. The van der Waals surface area contributed by atoms with Crippen molar-refractivity contribution in [3.8, 4) is 10.4 Å². The summed E-state index contributed by atoms with van der Waals surface area (Å²) in [6.07, 6.45) is 3.46. The van der Waals surface area contributed by atoms with Gasteiger partial charge < -0.3 is 15.0 Å². The van der Waals surface area contributed by atoms with Crippen LogP contribution in [0.1, 0.15) is 29.1 Å². The van der Waals surface area contributed by atoms with Crippen molar-refractivity contribution < 1.29 is 9.53 Å². The summed E-state index contributed by atoms with van der Waals surface area (Å²) >= 11 is 1.60. The number of amides is 1. The van der Waals surface area contributed by atoms with Gasteiger partial charge in [-0.15, -0.1) is 11.3 Å². The van der Waals surface area contributed by atoms with Gasteiger partial charge in [-0.25, -0.2) is 4.98 Å². The third-order valence-electron chi connectivity index (χ3n) is 5.23. The van der Waals surface area contributed by atoms with Crippen molar-refractivity contribution in [2.45, 2.75) is 24.7 Å². The second kappa shape index (κ2) is 7.87. The number of aromatic nitrogens is 3. The largest absolute Gasteiger partial charge is 0.401 e. The number of nitrogens with one attached hydrogen (secondary N) is 1. The Balaban J connectivity index is 1.55. The SMILES string of the molecule is [B]C([B])([B])OCCN1C(=O)c2cc(-c3ccnc(Nc4ccnn4C)c3)sc2C1(C)C. The lowest BCUT2D eigenvalue weighted by Crippen LogP contribution is -2.43. The fourth-order valence-corrected chi connectivity index (χ4v) is 4.90. The van der Waals surface area contributed by atoms with Crippen LogP contribution in [-0.4, -0.2) is 67.6 Å². The molecule has 1 amide bonds. The third kappa shape index (κ3) is 4.29. The Morgan fingerprint density at radius 1 is 1.23 bits per heavy atom. The van der Waals surface area contributed by atoms with Gasteiger partial charge in [0.15, 0.2) is 0 Å². The fraction of sp³-hybridized carbons (Fsp3) is 0.350. The second-order valence-electron chi connectivity index (χ2n) is 7.97. The van der Waals surface area contributed by atoms with Crippen LogP contribution in [0, 0.1) is 0 Å². The van der Waals surface area contributed by atoms with Crippen LogP contribution in [-0.2, 0) is 17.3 Å². The van der Waals surface area contributed by atoms with Gasteiger partial charge in [0.25, 0.3) is 5.91 Å². The van der Waals surface area contributed by atoms with E-state index in [0.717, 1.165) is 21.1 Å². The van der Waals surface area contributed by atoms with Gasteiger partial charge in [0.1, 0.15) is 11.6 Å². The lowest BCUT2D eigenvalue weighted by atomic mass is 9.52. The van der Waals surface area contributed by atoms with Crippen LogP contribution in [0.5, 0.6) is 0 Å². The maximum atomic E-state index is 13.1. The molecule has 0 bridgehead atoms. The number of rotatable bonds is 7. The summed E-state index contributed by atoms with van der Waals surface area (Å²) in [6.45, 7) is 4.51. The summed E-state index contributed by atoms with van der Waals surface area (Å²) in [5, 5.41) is 5.69. The molecule has 1 aliphatic rings. The van der Waals surface area contributed by atoms with Crippen LogP contribution in [0.4, 0.5) is 11.6 Å². The van der Waals surface area contributed by atoms with Crippen molar-refractivity contribution >= 4 is 52.4 Å². The quantitative estimate of drug-likeness (QED) is 0.586. The monoisotopic (exact) mass is 427 g/mol. The van der Waals surface area contributed by atoms with E-state index < -0.39 is 10.8 Å². The molecule has 152 valence electrons. The first-order valence-electron chi connectivity index (χ1n) is 9.74. The summed E-state index contributed by atoms with van der Waals surface area (Å²) < 4.78 is 6.92. The number of aryl methyl sites for hydroxylation is 1. The molecule has 0 unspecified atom stereocenters. The molecule has 6 radical (unpaired) electrons. The summed E-state index contributed by atoms with van der Waals surface area (Å²) in [7, 11) is 18.2. The highest BCUT2D eigenvalue weighted by Gasteiger charge is 2.44. The summed E-state index contributed by atoms with van der Waals surface area (Å²) in [4.78, 5) is 21.2. The van der Waals surface area contributed by atoms with E-state index in [0.29, 0.717) is 17.9 Å². The number of fused-ring (bicyclic) bond motifs is 1. The van der Waals surface area contributed by atoms with Crippen LogP contribution >= 0.6 is 11.3 Å². The number of hydrogen-bond acceptors (Lipinski definition) is 6. The van der Waals surface area contributed by atoms with Gasteiger partial charge in [-0.3, -0.25) is 9.48 Å². The van der Waals surface area contributed by atoms with Crippen molar-refractivity contribution in [3.63, 3.8) is 0 Å². The van der Waals surface area contributed by atoms with Crippen LogP contribution in [0.2, 0.25) is 0 Å². The molecule has 3 aromatic heterocycles. The van der Waals surface area contributed by atoms with E-state index in [1.807, 2.05) is 45.2 Å². The Hall–Kier alpha value is -2.52. The number of nitrogens with zero attached hydrogens (tertiary/aromatic N) is 4. The second-order valence-corrected chi connectivity index (χ2v) is 9.02. The Labute approximate surface area is 189 Å². The van der Waals surface area contributed by atoms with E-state index in [1.54, 1.807) is 33.3 Å². The molecule has 0 atom stereocenters. The van der Waals surface area contributed by atoms with E-state index in [9.17, 15) is 4.79 Å². The number of ether oxygens (including phenoxy) is 1. The zero-order valence-corrected chi connectivity index (χ0v) is 18.4. The Bertz CT molecular complexity index is 1120. The first-order chi connectivity index (χ1) is 14.6. The van der Waals surface area contributed by atoms with Gasteiger partial charge in [-0.1, -0.05) is 0 Å². The van der Waals surface area contributed by atoms with E-state index in [1.165, 1.54) is 0 Å². The molecular weight excluding hydrogens is 407 g/mol. The maximum absolute atomic E-state index is 13.1. The molecule has 0 saturated carbocycles. The van der Waals surface area contributed by atoms with E-state index in [4.69, 9.17) is 28.3 Å². The minimum atomic E-state index is -1.71. The lowest BCUT2D eigenvalue weighted by Gasteiger charge is -2.33. The molecule has 4 heterocycles. The van der Waals surface area contributed by atoms with Crippen molar-refractivity contribution in [1.29, 1.82) is 0 Å². The number of thiophene rings is 1.